The Morgan fingerprint density at radius 3 is 2.44 bits per heavy atom. The second kappa shape index (κ2) is 8.04. The van der Waals surface area contributed by atoms with Gasteiger partial charge in [-0.3, -0.25) is 14.9 Å². The first-order valence-corrected chi connectivity index (χ1v) is 7.55. The third-order valence-electron chi connectivity index (χ3n) is 3.24. The molecule has 11 heteroatoms. The molecular weight excluding hydrogens is 393 g/mol. The molecule has 0 heterocycles. The van der Waals surface area contributed by atoms with Crippen LogP contribution in [0.4, 0.5) is 24.5 Å². The summed E-state index contributed by atoms with van der Waals surface area (Å²) in [5, 5.41) is 12.4. The molecule has 0 aliphatic rings. The van der Waals surface area contributed by atoms with Crippen LogP contribution in [0.3, 0.4) is 0 Å². The molecule has 0 aliphatic heterocycles. The maximum absolute atomic E-state index is 13.0. The molecule has 0 saturated carbocycles. The molecule has 0 fully saturated rings. The topological polar surface area (TPSA) is 98.5 Å². The molecule has 2 aromatic carbocycles. The summed E-state index contributed by atoms with van der Waals surface area (Å²) >= 11 is 5.70. The van der Waals surface area contributed by atoms with Crippen LogP contribution in [0, 0.1) is 10.1 Å². The van der Waals surface area contributed by atoms with Crippen LogP contribution in [0.25, 0.3) is 0 Å². The molecule has 1 amide bonds. The fourth-order valence-corrected chi connectivity index (χ4v) is 2.30. The molecule has 7 nitrogen and oxygen atoms in total. The van der Waals surface area contributed by atoms with Gasteiger partial charge >= 0.3 is 12.1 Å². The largest absolute Gasteiger partial charge is 0.452 e. The van der Waals surface area contributed by atoms with Crippen molar-refractivity contribution in [3.63, 3.8) is 0 Å². The molecule has 2 rings (SSSR count). The van der Waals surface area contributed by atoms with Gasteiger partial charge in [0.05, 0.1) is 21.2 Å². The standard InChI is InChI=1S/C16H10ClF3N2O5/c17-11-6-3-5-10(16(18,19)20)14(11)21-13(23)8-27-15(24)9-4-1-2-7-12(9)22(25)26/h1-7H,8H2,(H,21,23). The normalized spacial score (nSPS) is 11.0. The predicted molar refractivity (Wildman–Crippen MR) is 88.5 cm³/mol. The molecule has 1 N–H and O–H groups in total. The summed E-state index contributed by atoms with van der Waals surface area (Å²) in [6, 6.07) is 7.80. The number of amides is 1. The van der Waals surface area contributed by atoms with Gasteiger partial charge in [-0.25, -0.2) is 4.79 Å². The third-order valence-corrected chi connectivity index (χ3v) is 3.55. The number of halogens is 4. The molecule has 27 heavy (non-hydrogen) atoms. The van der Waals surface area contributed by atoms with E-state index in [1.165, 1.54) is 12.1 Å². The molecule has 142 valence electrons. The monoisotopic (exact) mass is 402 g/mol. The summed E-state index contributed by atoms with van der Waals surface area (Å²) in [4.78, 5) is 33.8. The number of hydrogen-bond donors (Lipinski definition) is 1. The summed E-state index contributed by atoms with van der Waals surface area (Å²) < 4.78 is 43.6. The Balaban J connectivity index is 2.10. The molecule has 0 aliphatic carbocycles. The second-order valence-electron chi connectivity index (χ2n) is 5.06. The van der Waals surface area contributed by atoms with E-state index in [-0.39, 0.29) is 5.02 Å². The van der Waals surface area contributed by atoms with E-state index in [9.17, 15) is 32.9 Å². The molecule has 0 unspecified atom stereocenters. The number of ether oxygens (including phenoxy) is 1. The van der Waals surface area contributed by atoms with Gasteiger partial charge in [-0.15, -0.1) is 0 Å². The van der Waals surface area contributed by atoms with Gasteiger partial charge in [-0.2, -0.15) is 13.2 Å². The van der Waals surface area contributed by atoms with Crippen molar-refractivity contribution in [3.8, 4) is 0 Å². The summed E-state index contributed by atoms with van der Waals surface area (Å²) in [6.45, 7) is -0.965. The van der Waals surface area contributed by atoms with E-state index >= 15 is 0 Å². The highest BCUT2D eigenvalue weighted by Gasteiger charge is 2.35. The van der Waals surface area contributed by atoms with Crippen molar-refractivity contribution in [2.45, 2.75) is 6.18 Å². The van der Waals surface area contributed by atoms with Crippen molar-refractivity contribution in [3.05, 3.63) is 68.7 Å². The molecule has 2 aromatic rings. The minimum atomic E-state index is -4.77. The summed E-state index contributed by atoms with van der Waals surface area (Å²) in [7, 11) is 0. The quantitative estimate of drug-likeness (QED) is 0.462. The lowest BCUT2D eigenvalue weighted by Crippen LogP contribution is -2.23. The number of alkyl halides is 3. The fourth-order valence-electron chi connectivity index (χ4n) is 2.08. The van der Waals surface area contributed by atoms with E-state index in [0.29, 0.717) is 0 Å². The van der Waals surface area contributed by atoms with Crippen molar-refractivity contribution in [1.82, 2.24) is 0 Å². The molecule has 0 saturated heterocycles. The second-order valence-corrected chi connectivity index (χ2v) is 5.47. The van der Waals surface area contributed by atoms with Crippen molar-refractivity contribution in [2.24, 2.45) is 0 Å². The van der Waals surface area contributed by atoms with Crippen LogP contribution < -0.4 is 5.32 Å². The van der Waals surface area contributed by atoms with Crippen molar-refractivity contribution in [2.75, 3.05) is 11.9 Å². The van der Waals surface area contributed by atoms with E-state index in [4.69, 9.17) is 11.6 Å². The highest BCUT2D eigenvalue weighted by atomic mass is 35.5. The number of nitrogens with zero attached hydrogens (tertiary/aromatic N) is 1. The van der Waals surface area contributed by atoms with E-state index < -0.39 is 52.1 Å². The minimum Gasteiger partial charge on any atom is -0.452 e. The van der Waals surface area contributed by atoms with Gasteiger partial charge in [0.2, 0.25) is 0 Å². The minimum absolute atomic E-state index is 0.358. The maximum Gasteiger partial charge on any atom is 0.418 e. The SMILES string of the molecule is O=C(COC(=O)c1ccccc1[N+](=O)[O-])Nc1c(Cl)cccc1C(F)(F)F. The number of anilines is 1. The summed E-state index contributed by atoms with van der Waals surface area (Å²) in [5.41, 5.74) is -2.79. The van der Waals surface area contributed by atoms with Gasteiger partial charge in [0.25, 0.3) is 11.6 Å². The zero-order valence-electron chi connectivity index (χ0n) is 13.2. The van der Waals surface area contributed by atoms with Crippen LogP contribution in [0.2, 0.25) is 5.02 Å². The summed E-state index contributed by atoms with van der Waals surface area (Å²) in [6.07, 6.45) is -4.77. The van der Waals surface area contributed by atoms with E-state index in [0.717, 1.165) is 30.3 Å². The first-order chi connectivity index (χ1) is 12.6. The first-order valence-electron chi connectivity index (χ1n) is 7.17. The number of rotatable bonds is 5. The van der Waals surface area contributed by atoms with E-state index in [1.54, 1.807) is 0 Å². The number of carbonyl (C=O) groups is 2. The average Bonchev–Trinajstić information content (AvgIpc) is 2.60. The Morgan fingerprint density at radius 2 is 1.81 bits per heavy atom. The van der Waals surface area contributed by atoms with Crippen molar-refractivity contribution >= 4 is 34.9 Å². The zero-order chi connectivity index (χ0) is 20.2. The number of carbonyl (C=O) groups excluding carboxylic acids is 2. The highest BCUT2D eigenvalue weighted by Crippen LogP contribution is 2.38. The fraction of sp³-hybridized carbons (Fsp3) is 0.125. The zero-order valence-corrected chi connectivity index (χ0v) is 14.0. The van der Waals surface area contributed by atoms with Crippen LogP contribution in [-0.2, 0) is 15.7 Å². The molecule has 0 bridgehead atoms. The number of esters is 1. The number of para-hydroxylation sites is 2. The van der Waals surface area contributed by atoms with Gasteiger partial charge in [0.15, 0.2) is 6.61 Å². The lowest BCUT2D eigenvalue weighted by Gasteiger charge is -2.15. The Kier molecular flexibility index (Phi) is 6.01. The Hall–Kier alpha value is -3.14. The average molecular weight is 403 g/mol. The van der Waals surface area contributed by atoms with Crippen molar-refractivity contribution in [1.29, 1.82) is 0 Å². The van der Waals surface area contributed by atoms with Crippen molar-refractivity contribution < 1.29 is 32.4 Å². The molecule has 0 aromatic heterocycles. The van der Waals surface area contributed by atoms with Crippen LogP contribution in [0.5, 0.6) is 0 Å². The first kappa shape index (κ1) is 20.2. The molecule has 0 atom stereocenters. The van der Waals surface area contributed by atoms with Crippen LogP contribution in [0.1, 0.15) is 15.9 Å². The number of nitro groups is 1. The highest BCUT2D eigenvalue weighted by molar-refractivity contribution is 6.34. The lowest BCUT2D eigenvalue weighted by molar-refractivity contribution is -0.385. The van der Waals surface area contributed by atoms with Crippen LogP contribution >= 0.6 is 11.6 Å². The molecule has 0 radical (unpaired) electrons. The van der Waals surface area contributed by atoms with Crippen LogP contribution in [-0.4, -0.2) is 23.4 Å². The number of benzene rings is 2. The van der Waals surface area contributed by atoms with Gasteiger partial charge in [-0.1, -0.05) is 29.8 Å². The maximum atomic E-state index is 13.0. The van der Waals surface area contributed by atoms with Gasteiger partial charge in [0, 0.05) is 6.07 Å². The molecular formula is C16H10ClF3N2O5. The molecule has 0 spiro atoms. The number of nitrogens with one attached hydrogen (secondary N) is 1. The number of hydrogen-bond acceptors (Lipinski definition) is 5. The predicted octanol–water partition coefficient (Wildman–Crippen LogP) is 4.06. The van der Waals surface area contributed by atoms with Gasteiger partial charge < -0.3 is 10.1 Å². The third kappa shape index (κ3) is 4.94. The van der Waals surface area contributed by atoms with Gasteiger partial charge in [-0.05, 0) is 18.2 Å². The van der Waals surface area contributed by atoms with Gasteiger partial charge in [0.1, 0.15) is 5.56 Å². The smallest absolute Gasteiger partial charge is 0.418 e. The lowest BCUT2D eigenvalue weighted by atomic mass is 10.1. The number of nitro benzene ring substituents is 1. The Bertz CT molecular complexity index is 902. The van der Waals surface area contributed by atoms with E-state index in [1.807, 2.05) is 5.32 Å². The summed E-state index contributed by atoms with van der Waals surface area (Å²) in [5.74, 6) is -2.27. The Labute approximate surface area is 154 Å². The Morgan fingerprint density at radius 1 is 1.15 bits per heavy atom. The van der Waals surface area contributed by atoms with E-state index in [2.05, 4.69) is 4.74 Å². The van der Waals surface area contributed by atoms with Crippen LogP contribution in [0.15, 0.2) is 42.5 Å².